The van der Waals surface area contributed by atoms with Crippen molar-refractivity contribution in [2.45, 2.75) is 6.54 Å². The van der Waals surface area contributed by atoms with Gasteiger partial charge in [-0.1, -0.05) is 15.9 Å². The van der Waals surface area contributed by atoms with E-state index in [1.165, 1.54) is 0 Å². The Balaban J connectivity index is 2.91. The van der Waals surface area contributed by atoms with E-state index in [0.29, 0.717) is 6.54 Å². The van der Waals surface area contributed by atoms with Gasteiger partial charge in [0.2, 0.25) is 0 Å². The number of methoxy groups -OCH3 is 1. The number of nitrogens with zero attached hydrogens (tertiary/aromatic N) is 1. The van der Waals surface area contributed by atoms with Gasteiger partial charge in [0.05, 0.1) is 7.11 Å². The fourth-order valence-electron chi connectivity index (χ4n) is 1.19. The maximum Gasteiger partial charge on any atom is 0.289 e. The van der Waals surface area contributed by atoms with E-state index in [9.17, 15) is 4.79 Å². The fourth-order valence-corrected chi connectivity index (χ4v) is 1.72. The Bertz CT molecular complexity index is 368. The van der Waals surface area contributed by atoms with Gasteiger partial charge >= 0.3 is 0 Å². The quantitative estimate of drug-likeness (QED) is 0.625. The lowest BCUT2D eigenvalue weighted by Gasteiger charge is -2.16. The summed E-state index contributed by atoms with van der Waals surface area (Å²) in [5.74, 6) is 0.777. The van der Waals surface area contributed by atoms with Crippen LogP contribution in [0.4, 0.5) is 4.79 Å². The Morgan fingerprint density at radius 1 is 1.53 bits per heavy atom. The normalized spacial score (nSPS) is 9.87. The molecule has 0 bridgehead atoms. The van der Waals surface area contributed by atoms with Crippen molar-refractivity contribution in [2.75, 3.05) is 14.2 Å². The monoisotopic (exact) mass is 335 g/mol. The van der Waals surface area contributed by atoms with Crippen LogP contribution in [0.2, 0.25) is 0 Å². The summed E-state index contributed by atoms with van der Waals surface area (Å²) in [6, 6.07) is 5.70. The molecule has 0 atom stereocenters. The maximum absolute atomic E-state index is 11.0. The number of rotatable bonds is 3. The minimum absolute atomic E-state index is 0.149. The van der Waals surface area contributed by atoms with Crippen molar-refractivity contribution in [3.05, 3.63) is 28.2 Å². The highest BCUT2D eigenvalue weighted by Gasteiger charge is 2.09. The van der Waals surface area contributed by atoms with E-state index in [-0.39, 0.29) is 4.82 Å². The number of amides is 1. The number of hydrogen-bond donors (Lipinski definition) is 0. The zero-order valence-corrected chi connectivity index (χ0v) is 11.6. The van der Waals surface area contributed by atoms with Crippen molar-refractivity contribution in [1.82, 2.24) is 4.90 Å². The summed E-state index contributed by atoms with van der Waals surface area (Å²) in [4.78, 5) is 12.4. The predicted molar refractivity (Wildman–Crippen MR) is 66.5 cm³/mol. The molecule has 82 valence electrons. The number of hydrogen-bond acceptors (Lipinski definition) is 2. The van der Waals surface area contributed by atoms with Crippen molar-refractivity contribution in [3.8, 4) is 5.75 Å². The molecule has 0 saturated carbocycles. The first-order chi connectivity index (χ1) is 7.04. The second kappa shape index (κ2) is 5.51. The lowest BCUT2D eigenvalue weighted by Crippen LogP contribution is -2.20. The highest BCUT2D eigenvalue weighted by atomic mass is 79.9. The predicted octanol–water partition coefficient (Wildman–Crippen LogP) is 3.40. The van der Waals surface area contributed by atoms with Gasteiger partial charge in [-0.25, -0.2) is 0 Å². The van der Waals surface area contributed by atoms with Gasteiger partial charge in [0.1, 0.15) is 5.75 Å². The summed E-state index contributed by atoms with van der Waals surface area (Å²) < 4.78 is 6.17. The van der Waals surface area contributed by atoms with Gasteiger partial charge in [-0.05, 0) is 18.2 Å². The van der Waals surface area contributed by atoms with Crippen LogP contribution >= 0.6 is 31.9 Å². The molecule has 0 aliphatic heterocycles. The Morgan fingerprint density at radius 3 is 2.73 bits per heavy atom. The Morgan fingerprint density at radius 2 is 2.20 bits per heavy atom. The van der Waals surface area contributed by atoms with Gasteiger partial charge in [0.25, 0.3) is 4.82 Å². The van der Waals surface area contributed by atoms with Crippen molar-refractivity contribution in [2.24, 2.45) is 0 Å². The molecule has 1 rings (SSSR count). The standard InChI is InChI=1S/C10H11Br2NO2/c1-13(10(12)14)6-7-5-8(11)3-4-9(7)15-2/h3-5H,6H2,1-2H3. The summed E-state index contributed by atoms with van der Waals surface area (Å²) in [7, 11) is 3.33. The zero-order valence-electron chi connectivity index (χ0n) is 8.46. The minimum atomic E-state index is -0.149. The number of carbonyl (C=O) groups excluding carboxylic acids is 1. The molecule has 0 saturated heterocycles. The summed E-state index contributed by atoms with van der Waals surface area (Å²) in [5, 5.41) is 0. The first kappa shape index (κ1) is 12.5. The average Bonchev–Trinajstić information content (AvgIpc) is 2.18. The number of halogens is 2. The van der Waals surface area contributed by atoms with E-state index in [2.05, 4.69) is 31.9 Å². The van der Waals surface area contributed by atoms with E-state index in [1.54, 1.807) is 19.1 Å². The molecule has 0 N–H and O–H groups in total. The maximum atomic E-state index is 11.0. The zero-order chi connectivity index (χ0) is 11.4. The molecule has 5 heteroatoms. The van der Waals surface area contributed by atoms with Crippen LogP contribution in [0, 0.1) is 0 Å². The molecule has 0 aliphatic carbocycles. The highest BCUT2D eigenvalue weighted by molar-refractivity contribution is 9.18. The molecule has 0 radical (unpaired) electrons. The molecule has 0 unspecified atom stereocenters. The molecule has 1 aromatic rings. The van der Waals surface area contributed by atoms with Gasteiger partial charge in [-0.3, -0.25) is 4.79 Å². The van der Waals surface area contributed by atoms with Crippen LogP contribution in [0.15, 0.2) is 22.7 Å². The van der Waals surface area contributed by atoms with Crippen LogP contribution < -0.4 is 4.74 Å². The summed E-state index contributed by atoms with van der Waals surface area (Å²) in [6.07, 6.45) is 0. The van der Waals surface area contributed by atoms with Gasteiger partial charge in [0, 0.05) is 39.6 Å². The van der Waals surface area contributed by atoms with E-state index in [1.807, 2.05) is 18.2 Å². The third-order valence-corrected chi connectivity index (χ3v) is 3.05. The van der Waals surface area contributed by atoms with Crippen LogP contribution in [0.25, 0.3) is 0 Å². The Kier molecular flexibility index (Phi) is 4.60. The topological polar surface area (TPSA) is 29.5 Å². The number of ether oxygens (including phenoxy) is 1. The molecule has 0 aromatic heterocycles. The van der Waals surface area contributed by atoms with Gasteiger partial charge in [-0.2, -0.15) is 0 Å². The third kappa shape index (κ3) is 3.50. The van der Waals surface area contributed by atoms with E-state index < -0.39 is 0 Å². The largest absolute Gasteiger partial charge is 0.496 e. The van der Waals surface area contributed by atoms with Crippen molar-refractivity contribution in [1.29, 1.82) is 0 Å². The minimum Gasteiger partial charge on any atom is -0.496 e. The molecule has 1 aromatic carbocycles. The molecule has 0 aliphatic rings. The molecule has 0 spiro atoms. The van der Waals surface area contributed by atoms with Crippen molar-refractivity contribution < 1.29 is 9.53 Å². The molecule has 0 fully saturated rings. The summed E-state index contributed by atoms with van der Waals surface area (Å²) in [5.41, 5.74) is 0.960. The first-order valence-corrected chi connectivity index (χ1v) is 5.86. The summed E-state index contributed by atoms with van der Waals surface area (Å²) in [6.45, 7) is 0.507. The van der Waals surface area contributed by atoms with Crippen LogP contribution in [-0.4, -0.2) is 23.9 Å². The fraction of sp³-hybridized carbons (Fsp3) is 0.300. The molecular weight excluding hydrogens is 326 g/mol. The van der Waals surface area contributed by atoms with Crippen LogP contribution in [0.1, 0.15) is 5.56 Å². The molecular formula is C10H11Br2NO2. The second-order valence-electron chi connectivity index (χ2n) is 3.07. The molecule has 3 nitrogen and oxygen atoms in total. The van der Waals surface area contributed by atoms with Gasteiger partial charge < -0.3 is 9.64 Å². The Labute approximate surface area is 106 Å². The third-order valence-electron chi connectivity index (χ3n) is 1.95. The Hall–Kier alpha value is -0.550. The molecule has 1 amide bonds. The SMILES string of the molecule is COc1ccc(Br)cc1CN(C)C(=O)Br. The van der Waals surface area contributed by atoms with E-state index in [4.69, 9.17) is 4.74 Å². The summed E-state index contributed by atoms with van der Waals surface area (Å²) >= 11 is 6.28. The molecule has 0 heterocycles. The van der Waals surface area contributed by atoms with Crippen LogP contribution in [-0.2, 0) is 6.54 Å². The van der Waals surface area contributed by atoms with Gasteiger partial charge in [0.15, 0.2) is 0 Å². The smallest absolute Gasteiger partial charge is 0.289 e. The number of benzene rings is 1. The lowest BCUT2D eigenvalue weighted by molar-refractivity contribution is 0.232. The van der Waals surface area contributed by atoms with E-state index >= 15 is 0 Å². The van der Waals surface area contributed by atoms with Crippen LogP contribution in [0.5, 0.6) is 5.75 Å². The number of carbonyl (C=O) groups is 1. The molecule has 15 heavy (non-hydrogen) atoms. The van der Waals surface area contributed by atoms with Crippen molar-refractivity contribution >= 4 is 36.7 Å². The van der Waals surface area contributed by atoms with Crippen molar-refractivity contribution in [3.63, 3.8) is 0 Å². The second-order valence-corrected chi connectivity index (χ2v) is 4.66. The van der Waals surface area contributed by atoms with E-state index in [0.717, 1.165) is 15.8 Å². The average molecular weight is 337 g/mol. The van der Waals surface area contributed by atoms with Gasteiger partial charge in [-0.15, -0.1) is 0 Å². The first-order valence-electron chi connectivity index (χ1n) is 4.27. The van der Waals surface area contributed by atoms with Crippen LogP contribution in [0.3, 0.4) is 0 Å². The lowest BCUT2D eigenvalue weighted by atomic mass is 10.2. The highest BCUT2D eigenvalue weighted by Crippen LogP contribution is 2.24.